The smallest absolute Gasteiger partial charge is 0.330 e. The van der Waals surface area contributed by atoms with E-state index in [0.717, 1.165) is 27.0 Å². The van der Waals surface area contributed by atoms with Crippen LogP contribution in [0.25, 0.3) is 32.2 Å². The van der Waals surface area contributed by atoms with E-state index >= 15 is 0 Å². The molecule has 0 saturated carbocycles. The molecule has 0 bridgehead atoms. The number of carbonyl (C=O) groups is 1. The van der Waals surface area contributed by atoms with Crippen molar-refractivity contribution in [2.24, 2.45) is 0 Å². The molecule has 0 radical (unpaired) electrons. The zero-order chi connectivity index (χ0) is 18.1. The SMILES string of the molecule is CCOC(=O)/C=C/c1c(-c2ccc(Cl)cc2)cn2c1sc1ccccc12. The minimum Gasteiger partial charge on any atom is -0.463 e. The third-order valence-electron chi connectivity index (χ3n) is 4.16. The van der Waals surface area contributed by atoms with E-state index in [2.05, 4.69) is 22.7 Å². The van der Waals surface area contributed by atoms with Crippen LogP contribution in [-0.4, -0.2) is 17.0 Å². The number of carbonyl (C=O) groups excluding carboxylic acids is 1. The second-order valence-electron chi connectivity index (χ2n) is 5.79. The molecule has 0 atom stereocenters. The van der Waals surface area contributed by atoms with Gasteiger partial charge in [0.25, 0.3) is 0 Å². The molecule has 0 unspecified atom stereocenters. The monoisotopic (exact) mass is 381 g/mol. The first-order valence-corrected chi connectivity index (χ1v) is 9.50. The number of fused-ring (bicyclic) bond motifs is 3. The highest BCUT2D eigenvalue weighted by Crippen LogP contribution is 2.37. The standard InChI is InChI=1S/C21H16ClNO2S/c1-2-25-20(24)12-11-16-17(14-7-9-15(22)10-8-14)13-23-18-5-3-4-6-19(18)26-21(16)23/h3-13H,2H2,1H3/b12-11+. The fourth-order valence-electron chi connectivity index (χ4n) is 2.99. The maximum Gasteiger partial charge on any atom is 0.330 e. The molecule has 130 valence electrons. The average molecular weight is 382 g/mol. The Bertz CT molecular complexity index is 1120. The fourth-order valence-corrected chi connectivity index (χ4v) is 4.28. The summed E-state index contributed by atoms with van der Waals surface area (Å²) in [6.45, 7) is 2.16. The van der Waals surface area contributed by atoms with Crippen LogP contribution >= 0.6 is 22.9 Å². The molecule has 2 heterocycles. The Morgan fingerprint density at radius 1 is 1.19 bits per heavy atom. The number of hydrogen-bond acceptors (Lipinski definition) is 3. The minimum atomic E-state index is -0.338. The molecule has 0 aliphatic carbocycles. The highest BCUT2D eigenvalue weighted by atomic mass is 35.5. The van der Waals surface area contributed by atoms with Gasteiger partial charge in [-0.2, -0.15) is 0 Å². The van der Waals surface area contributed by atoms with Crippen molar-refractivity contribution in [2.45, 2.75) is 6.92 Å². The van der Waals surface area contributed by atoms with Crippen molar-refractivity contribution in [3.8, 4) is 11.1 Å². The van der Waals surface area contributed by atoms with Crippen LogP contribution in [0.3, 0.4) is 0 Å². The third kappa shape index (κ3) is 3.02. The van der Waals surface area contributed by atoms with E-state index in [1.54, 1.807) is 18.3 Å². The summed E-state index contributed by atoms with van der Waals surface area (Å²) in [6, 6.07) is 16.0. The highest BCUT2D eigenvalue weighted by Gasteiger charge is 2.15. The first kappa shape index (κ1) is 16.9. The summed E-state index contributed by atoms with van der Waals surface area (Å²) in [5, 5.41) is 0.698. The van der Waals surface area contributed by atoms with Crippen LogP contribution in [0.2, 0.25) is 5.02 Å². The largest absolute Gasteiger partial charge is 0.463 e. The van der Waals surface area contributed by atoms with Crippen molar-refractivity contribution in [3.05, 3.63) is 71.4 Å². The number of thiazole rings is 1. The normalized spacial score (nSPS) is 11.6. The topological polar surface area (TPSA) is 30.7 Å². The summed E-state index contributed by atoms with van der Waals surface area (Å²) in [6.07, 6.45) is 5.44. The molecule has 0 N–H and O–H groups in total. The summed E-state index contributed by atoms with van der Waals surface area (Å²) in [7, 11) is 0. The molecule has 2 aromatic heterocycles. The summed E-state index contributed by atoms with van der Waals surface area (Å²) in [5.74, 6) is -0.338. The Morgan fingerprint density at radius 2 is 1.96 bits per heavy atom. The van der Waals surface area contributed by atoms with Crippen LogP contribution < -0.4 is 0 Å². The van der Waals surface area contributed by atoms with Crippen molar-refractivity contribution >= 4 is 50.0 Å². The lowest BCUT2D eigenvalue weighted by Crippen LogP contribution is -1.98. The van der Waals surface area contributed by atoms with Crippen LogP contribution in [0, 0.1) is 0 Å². The lowest BCUT2D eigenvalue weighted by atomic mass is 10.0. The molecule has 0 fully saturated rings. The molecule has 0 spiro atoms. The van der Waals surface area contributed by atoms with Gasteiger partial charge in [-0.15, -0.1) is 11.3 Å². The second kappa shape index (κ2) is 6.98. The predicted octanol–water partition coefficient (Wildman–Crippen LogP) is 6.05. The fraction of sp³-hybridized carbons (Fsp3) is 0.0952. The molecule has 4 aromatic rings. The van der Waals surface area contributed by atoms with E-state index in [1.807, 2.05) is 42.5 Å². The van der Waals surface area contributed by atoms with E-state index in [0.29, 0.717) is 11.6 Å². The first-order chi connectivity index (χ1) is 12.7. The van der Waals surface area contributed by atoms with Crippen molar-refractivity contribution in [1.29, 1.82) is 0 Å². The summed E-state index contributed by atoms with van der Waals surface area (Å²) in [4.78, 5) is 12.9. The van der Waals surface area contributed by atoms with Gasteiger partial charge in [-0.3, -0.25) is 0 Å². The maximum absolute atomic E-state index is 11.8. The predicted molar refractivity (Wildman–Crippen MR) is 109 cm³/mol. The molecule has 4 rings (SSSR count). The molecule has 0 aliphatic heterocycles. The van der Waals surface area contributed by atoms with E-state index in [1.165, 1.54) is 10.8 Å². The van der Waals surface area contributed by atoms with Crippen LogP contribution in [0.15, 0.2) is 60.8 Å². The third-order valence-corrected chi connectivity index (χ3v) is 5.58. The number of halogens is 1. The van der Waals surface area contributed by atoms with Gasteiger partial charge < -0.3 is 9.14 Å². The molecular formula is C21H16ClNO2S. The van der Waals surface area contributed by atoms with Gasteiger partial charge >= 0.3 is 5.97 Å². The van der Waals surface area contributed by atoms with Gasteiger partial charge in [0, 0.05) is 28.4 Å². The van der Waals surface area contributed by atoms with Crippen molar-refractivity contribution in [2.75, 3.05) is 6.61 Å². The average Bonchev–Trinajstić information content (AvgIpc) is 3.17. The Morgan fingerprint density at radius 3 is 2.73 bits per heavy atom. The quantitative estimate of drug-likeness (QED) is 0.318. The number of rotatable bonds is 4. The number of benzene rings is 2. The van der Waals surface area contributed by atoms with E-state index < -0.39 is 0 Å². The zero-order valence-electron chi connectivity index (χ0n) is 14.1. The van der Waals surface area contributed by atoms with E-state index in [-0.39, 0.29) is 5.97 Å². The number of para-hydroxylation sites is 1. The zero-order valence-corrected chi connectivity index (χ0v) is 15.7. The number of esters is 1. The van der Waals surface area contributed by atoms with Gasteiger partial charge in [0.05, 0.1) is 16.8 Å². The van der Waals surface area contributed by atoms with Gasteiger partial charge in [0.15, 0.2) is 0 Å². The molecule has 3 nitrogen and oxygen atoms in total. The van der Waals surface area contributed by atoms with Gasteiger partial charge in [-0.25, -0.2) is 4.79 Å². The van der Waals surface area contributed by atoms with Crippen LogP contribution in [-0.2, 0) is 9.53 Å². The van der Waals surface area contributed by atoms with Crippen molar-refractivity contribution in [3.63, 3.8) is 0 Å². The van der Waals surface area contributed by atoms with Crippen molar-refractivity contribution in [1.82, 2.24) is 4.40 Å². The van der Waals surface area contributed by atoms with Gasteiger partial charge in [-0.05, 0) is 42.8 Å². The minimum absolute atomic E-state index is 0.338. The Labute approximate surface area is 160 Å². The van der Waals surface area contributed by atoms with Crippen molar-refractivity contribution < 1.29 is 9.53 Å². The maximum atomic E-state index is 11.8. The molecule has 2 aromatic carbocycles. The molecular weight excluding hydrogens is 366 g/mol. The molecule has 5 heteroatoms. The lowest BCUT2D eigenvalue weighted by Gasteiger charge is -2.01. The van der Waals surface area contributed by atoms with Crippen LogP contribution in [0.1, 0.15) is 12.5 Å². The lowest BCUT2D eigenvalue weighted by molar-refractivity contribution is -0.137. The van der Waals surface area contributed by atoms with Gasteiger partial charge in [0.1, 0.15) is 4.83 Å². The van der Waals surface area contributed by atoms with E-state index in [4.69, 9.17) is 16.3 Å². The first-order valence-electron chi connectivity index (χ1n) is 8.30. The highest BCUT2D eigenvalue weighted by molar-refractivity contribution is 7.24. The number of ether oxygens (including phenoxy) is 1. The van der Waals surface area contributed by atoms with Gasteiger partial charge in [-0.1, -0.05) is 35.9 Å². The summed E-state index contributed by atoms with van der Waals surface area (Å²) < 4.78 is 8.41. The number of aromatic nitrogens is 1. The van der Waals surface area contributed by atoms with Crippen LogP contribution in [0.4, 0.5) is 0 Å². The second-order valence-corrected chi connectivity index (χ2v) is 7.26. The molecule has 0 aliphatic rings. The Kier molecular flexibility index (Phi) is 4.53. The Balaban J connectivity index is 1.93. The Hall–Kier alpha value is -2.56. The molecule has 0 amide bonds. The number of nitrogens with zero attached hydrogens (tertiary/aromatic N) is 1. The number of hydrogen-bond donors (Lipinski definition) is 0. The summed E-state index contributed by atoms with van der Waals surface area (Å²) in [5.41, 5.74) is 4.26. The summed E-state index contributed by atoms with van der Waals surface area (Å²) >= 11 is 7.74. The molecule has 0 saturated heterocycles. The molecule has 26 heavy (non-hydrogen) atoms. The van der Waals surface area contributed by atoms with E-state index in [9.17, 15) is 4.79 Å². The van der Waals surface area contributed by atoms with Gasteiger partial charge in [0.2, 0.25) is 0 Å². The van der Waals surface area contributed by atoms with Crippen LogP contribution in [0.5, 0.6) is 0 Å².